The van der Waals surface area contributed by atoms with Gasteiger partial charge in [-0.1, -0.05) is 50.5 Å². The third kappa shape index (κ3) is 3.90. The van der Waals surface area contributed by atoms with Crippen LogP contribution in [0.25, 0.3) is 0 Å². The monoisotopic (exact) mass is 537 g/mol. The Morgan fingerprint density at radius 2 is 1.89 bits per heavy atom. The zero-order valence-electron chi connectivity index (χ0n) is 21.1. The lowest BCUT2D eigenvalue weighted by Crippen LogP contribution is -2.64. The third-order valence-corrected chi connectivity index (χ3v) is 9.21. The van der Waals surface area contributed by atoms with Gasteiger partial charge in [0.2, 0.25) is 5.43 Å². The van der Waals surface area contributed by atoms with Crippen LogP contribution >= 0.6 is 11.8 Å². The molecule has 198 valence electrons. The van der Waals surface area contributed by atoms with Crippen LogP contribution in [-0.2, 0) is 5.75 Å². The van der Waals surface area contributed by atoms with Crippen LogP contribution in [0.3, 0.4) is 0 Å². The van der Waals surface area contributed by atoms with Gasteiger partial charge in [0, 0.05) is 35.0 Å². The number of rotatable bonds is 4. The van der Waals surface area contributed by atoms with Crippen LogP contribution in [0, 0.1) is 17.6 Å². The van der Waals surface area contributed by atoms with E-state index in [0.717, 1.165) is 42.2 Å². The van der Waals surface area contributed by atoms with Crippen molar-refractivity contribution < 1.29 is 18.7 Å². The fourth-order valence-electron chi connectivity index (χ4n) is 6.19. The first-order chi connectivity index (χ1) is 18.4. The fourth-order valence-corrected chi connectivity index (χ4v) is 7.31. The largest absolute Gasteiger partial charge is 0.502 e. The second-order valence-electron chi connectivity index (χ2n) is 10.3. The average Bonchev–Trinajstić information content (AvgIpc) is 3.09. The van der Waals surface area contributed by atoms with Gasteiger partial charge in [0.1, 0.15) is 6.17 Å². The van der Waals surface area contributed by atoms with Crippen molar-refractivity contribution >= 4 is 17.7 Å². The first kappa shape index (κ1) is 25.0. The van der Waals surface area contributed by atoms with Gasteiger partial charge < -0.3 is 10.0 Å². The first-order valence-corrected chi connectivity index (χ1v) is 14.1. The number of piperidine rings is 1. The third-order valence-electron chi connectivity index (χ3n) is 8.10. The molecule has 2 aromatic carbocycles. The highest BCUT2D eigenvalue weighted by atomic mass is 32.2. The number of unbranched alkanes of at least 4 members (excludes halogenated alkanes) is 1. The van der Waals surface area contributed by atoms with E-state index < -0.39 is 40.9 Å². The van der Waals surface area contributed by atoms with E-state index >= 15 is 4.39 Å². The van der Waals surface area contributed by atoms with Crippen LogP contribution in [0.2, 0.25) is 0 Å². The summed E-state index contributed by atoms with van der Waals surface area (Å²) >= 11 is 1.45. The Bertz CT molecular complexity index is 1480. The number of halogens is 2. The molecule has 6 rings (SSSR count). The van der Waals surface area contributed by atoms with Crippen LogP contribution in [0.5, 0.6) is 5.75 Å². The van der Waals surface area contributed by atoms with Crippen LogP contribution in [0.15, 0.2) is 58.4 Å². The quantitative estimate of drug-likeness (QED) is 0.473. The molecule has 3 aliphatic rings. The Kier molecular flexibility index (Phi) is 6.42. The first-order valence-electron chi connectivity index (χ1n) is 13.1. The van der Waals surface area contributed by atoms with Crippen molar-refractivity contribution in [3.63, 3.8) is 0 Å². The number of thioether (sulfide) groups is 1. The maximum atomic E-state index is 15.3. The molecule has 3 unspecified atom stereocenters. The van der Waals surface area contributed by atoms with Gasteiger partial charge in [-0.25, -0.2) is 8.78 Å². The molecule has 0 radical (unpaired) electrons. The Morgan fingerprint density at radius 3 is 2.71 bits per heavy atom. The van der Waals surface area contributed by atoms with Gasteiger partial charge in [0.15, 0.2) is 23.1 Å². The van der Waals surface area contributed by atoms with Gasteiger partial charge in [0.05, 0.1) is 6.04 Å². The fraction of sp³-hybridized carbons (Fsp3) is 0.379. The van der Waals surface area contributed by atoms with Gasteiger partial charge >= 0.3 is 0 Å². The minimum absolute atomic E-state index is 0.0979. The molecule has 6 nitrogen and oxygen atoms in total. The number of hydrogen-bond acceptors (Lipinski definition) is 5. The average molecular weight is 538 g/mol. The number of benzene rings is 2. The number of aromatic nitrogens is 1. The smallest absolute Gasteiger partial charge is 0.278 e. The predicted octanol–water partition coefficient (Wildman–Crippen LogP) is 5.55. The van der Waals surface area contributed by atoms with Crippen molar-refractivity contribution in [2.24, 2.45) is 5.92 Å². The molecular weight excluding hydrogens is 508 g/mol. The molecule has 1 amide bonds. The summed E-state index contributed by atoms with van der Waals surface area (Å²) in [5, 5.41) is 12.8. The molecule has 0 bridgehead atoms. The van der Waals surface area contributed by atoms with E-state index in [9.17, 15) is 19.1 Å². The number of amides is 1. The van der Waals surface area contributed by atoms with Crippen molar-refractivity contribution in [1.29, 1.82) is 0 Å². The maximum absolute atomic E-state index is 15.3. The summed E-state index contributed by atoms with van der Waals surface area (Å²) in [6.07, 6.45) is 5.86. The summed E-state index contributed by atoms with van der Waals surface area (Å²) in [5.74, 6) is -2.11. The molecule has 3 atom stereocenters. The zero-order valence-corrected chi connectivity index (χ0v) is 21.9. The minimum Gasteiger partial charge on any atom is -0.502 e. The van der Waals surface area contributed by atoms with Gasteiger partial charge in [-0.15, -0.1) is 11.8 Å². The van der Waals surface area contributed by atoms with Gasteiger partial charge in [0.25, 0.3) is 5.91 Å². The molecule has 1 aromatic heterocycles. The second-order valence-corrected chi connectivity index (χ2v) is 11.3. The summed E-state index contributed by atoms with van der Waals surface area (Å²) < 4.78 is 31.3. The highest BCUT2D eigenvalue weighted by Gasteiger charge is 2.47. The van der Waals surface area contributed by atoms with Crippen molar-refractivity contribution in [2.75, 3.05) is 11.6 Å². The summed E-state index contributed by atoms with van der Waals surface area (Å²) in [6, 6.07) is 11.2. The molecule has 1 N–H and O–H groups in total. The lowest BCUT2D eigenvalue weighted by Gasteiger charge is -2.53. The van der Waals surface area contributed by atoms with Crippen molar-refractivity contribution in [2.45, 2.75) is 61.9 Å². The van der Waals surface area contributed by atoms with Gasteiger partial charge in [-0.05, 0) is 42.0 Å². The predicted molar refractivity (Wildman–Crippen MR) is 142 cm³/mol. The lowest BCUT2D eigenvalue weighted by atomic mass is 9.87. The van der Waals surface area contributed by atoms with E-state index in [4.69, 9.17) is 0 Å². The van der Waals surface area contributed by atoms with Crippen LogP contribution in [0.1, 0.15) is 72.2 Å². The molecule has 0 spiro atoms. The normalized spacial score (nSPS) is 22.3. The molecule has 3 aliphatic heterocycles. The Morgan fingerprint density at radius 1 is 1.08 bits per heavy atom. The Balaban J connectivity index is 1.61. The summed E-state index contributed by atoms with van der Waals surface area (Å²) in [6.45, 7) is 2.65. The molecule has 1 fully saturated rings. The maximum Gasteiger partial charge on any atom is 0.278 e. The van der Waals surface area contributed by atoms with E-state index in [1.165, 1.54) is 24.0 Å². The minimum atomic E-state index is -0.900. The molecule has 0 aliphatic carbocycles. The van der Waals surface area contributed by atoms with Gasteiger partial charge in [-0.3, -0.25) is 19.3 Å². The standard InChI is InChI=1S/C29H29F2N3O3S/c1-2-3-6-17-11-13-32-24(15-17)34(33-14-12-22(35)28(36)27(33)29(32)37)26-18-9-10-21(30)25(31)20(18)16-38-23-8-5-4-7-19(23)26/h4-5,7-10,12,14,17,24,26,36H,2-3,6,11,13,15-16H2,1H3. The molecule has 4 heterocycles. The number of carbonyl (C=O) groups excluding carboxylic acids is 1. The molecule has 38 heavy (non-hydrogen) atoms. The lowest BCUT2D eigenvalue weighted by molar-refractivity contribution is 0.0367. The van der Waals surface area contributed by atoms with Crippen molar-refractivity contribution in [1.82, 2.24) is 9.58 Å². The summed E-state index contributed by atoms with van der Waals surface area (Å²) in [5.41, 5.74) is 1.06. The number of aromatic hydroxyl groups is 1. The Labute approximate surface area is 223 Å². The van der Waals surface area contributed by atoms with Crippen LogP contribution in [0.4, 0.5) is 8.78 Å². The van der Waals surface area contributed by atoms with Crippen LogP contribution in [-0.4, -0.2) is 33.3 Å². The number of nitrogens with zero attached hydrogens (tertiary/aromatic N) is 3. The topological polar surface area (TPSA) is 65.8 Å². The highest BCUT2D eigenvalue weighted by Crippen LogP contribution is 2.46. The van der Waals surface area contributed by atoms with E-state index in [-0.39, 0.29) is 17.0 Å². The van der Waals surface area contributed by atoms with E-state index in [1.54, 1.807) is 15.6 Å². The molecule has 0 saturated carbocycles. The highest BCUT2D eigenvalue weighted by molar-refractivity contribution is 7.98. The summed E-state index contributed by atoms with van der Waals surface area (Å²) in [7, 11) is 0. The van der Waals surface area contributed by atoms with Crippen molar-refractivity contribution in [3.8, 4) is 5.75 Å². The van der Waals surface area contributed by atoms with Gasteiger partial charge in [-0.2, -0.15) is 0 Å². The van der Waals surface area contributed by atoms with Crippen molar-refractivity contribution in [3.05, 3.63) is 92.9 Å². The van der Waals surface area contributed by atoms with E-state index in [2.05, 4.69) is 6.92 Å². The molecule has 3 aromatic rings. The number of pyridine rings is 1. The van der Waals surface area contributed by atoms with E-state index in [0.29, 0.717) is 24.4 Å². The Hall–Kier alpha value is -3.33. The number of carbonyl (C=O) groups is 1. The molecule has 1 saturated heterocycles. The second kappa shape index (κ2) is 9.76. The summed E-state index contributed by atoms with van der Waals surface area (Å²) in [4.78, 5) is 28.8. The molecule has 9 heteroatoms. The van der Waals surface area contributed by atoms with Crippen LogP contribution < -0.4 is 10.4 Å². The SMILES string of the molecule is CCCCC1CCN2C(=O)c3c(O)c(=O)ccn3N(C3c4ccccc4SCc4c3ccc(F)c4F)C2C1. The zero-order chi connectivity index (χ0) is 26.6. The number of fused-ring (bicyclic) bond motifs is 4. The van der Waals surface area contributed by atoms with E-state index in [1.807, 2.05) is 29.3 Å². The molecular formula is C29H29F2N3O3S. The number of hydrogen-bond donors (Lipinski definition) is 1.